The van der Waals surface area contributed by atoms with Crippen LogP contribution in [0.15, 0.2) is 30.9 Å². The normalized spacial score (nSPS) is 12.7. The second-order valence-corrected chi connectivity index (χ2v) is 2.96. The van der Waals surface area contributed by atoms with Crippen LogP contribution in [0.1, 0.15) is 17.5 Å². The molecular formula is C9H10N4O. The smallest absolute Gasteiger partial charge is 0.161 e. The minimum atomic E-state index is -0.801. The molecule has 0 saturated carbocycles. The molecule has 0 aliphatic carbocycles. The maximum atomic E-state index is 9.83. The number of nitrogens with zero attached hydrogens (tertiary/aromatic N) is 4. The minimum absolute atomic E-state index is 0.389. The Morgan fingerprint density at radius 3 is 2.64 bits per heavy atom. The predicted octanol–water partition coefficient (Wildman–Crippen LogP) is 0.292. The van der Waals surface area contributed by atoms with Crippen molar-refractivity contribution in [2.75, 3.05) is 0 Å². The molecule has 0 fully saturated rings. The number of aromatic nitrogens is 4. The van der Waals surface area contributed by atoms with E-state index in [1.165, 1.54) is 0 Å². The summed E-state index contributed by atoms with van der Waals surface area (Å²) in [4.78, 5) is 7.93. The fraction of sp³-hybridized carbons (Fsp3) is 0.222. The summed E-state index contributed by atoms with van der Waals surface area (Å²) >= 11 is 0. The molecular weight excluding hydrogens is 180 g/mol. The minimum Gasteiger partial charge on any atom is -0.380 e. The highest BCUT2D eigenvalue weighted by Gasteiger charge is 2.13. The van der Waals surface area contributed by atoms with Crippen molar-refractivity contribution in [3.63, 3.8) is 0 Å². The second kappa shape index (κ2) is 3.55. The average molecular weight is 190 g/mol. The van der Waals surface area contributed by atoms with Crippen LogP contribution in [0.3, 0.4) is 0 Å². The van der Waals surface area contributed by atoms with Crippen molar-refractivity contribution in [1.82, 2.24) is 19.7 Å². The number of aliphatic hydroxyl groups excluding tert-OH is 1. The summed E-state index contributed by atoms with van der Waals surface area (Å²) in [6, 6.07) is 1.71. The third kappa shape index (κ3) is 1.62. The maximum Gasteiger partial charge on any atom is 0.161 e. The van der Waals surface area contributed by atoms with Crippen molar-refractivity contribution in [3.05, 3.63) is 42.2 Å². The molecule has 5 heteroatoms. The molecule has 0 radical (unpaired) electrons. The third-order valence-electron chi connectivity index (χ3n) is 1.87. The molecule has 14 heavy (non-hydrogen) atoms. The van der Waals surface area contributed by atoms with Crippen molar-refractivity contribution in [3.8, 4) is 0 Å². The lowest BCUT2D eigenvalue weighted by molar-refractivity contribution is 0.209. The van der Waals surface area contributed by atoms with Crippen LogP contribution in [0, 0.1) is 0 Å². The van der Waals surface area contributed by atoms with E-state index in [1.54, 1.807) is 42.6 Å². The molecule has 1 atom stereocenters. The van der Waals surface area contributed by atoms with Gasteiger partial charge in [0.25, 0.3) is 0 Å². The summed E-state index contributed by atoms with van der Waals surface area (Å²) < 4.78 is 1.63. The first-order valence-corrected chi connectivity index (χ1v) is 4.21. The van der Waals surface area contributed by atoms with E-state index in [2.05, 4.69) is 15.1 Å². The van der Waals surface area contributed by atoms with Crippen molar-refractivity contribution < 1.29 is 5.11 Å². The quantitative estimate of drug-likeness (QED) is 0.739. The van der Waals surface area contributed by atoms with Gasteiger partial charge in [-0.05, 0) is 6.07 Å². The summed E-state index contributed by atoms with van der Waals surface area (Å²) in [5.41, 5.74) is 0.693. The number of aliphatic hydroxyl groups is 1. The van der Waals surface area contributed by atoms with E-state index in [0.717, 1.165) is 0 Å². The van der Waals surface area contributed by atoms with E-state index in [0.29, 0.717) is 11.4 Å². The van der Waals surface area contributed by atoms with Gasteiger partial charge in [-0.3, -0.25) is 4.68 Å². The fourth-order valence-electron chi connectivity index (χ4n) is 1.18. The number of hydrogen-bond acceptors (Lipinski definition) is 4. The van der Waals surface area contributed by atoms with Gasteiger partial charge >= 0.3 is 0 Å². The van der Waals surface area contributed by atoms with Gasteiger partial charge in [-0.25, -0.2) is 9.97 Å². The van der Waals surface area contributed by atoms with E-state index in [1.807, 2.05) is 0 Å². The predicted molar refractivity (Wildman–Crippen MR) is 49.3 cm³/mol. The summed E-state index contributed by atoms with van der Waals surface area (Å²) in [5.74, 6) is 0.389. The fourth-order valence-corrected chi connectivity index (χ4v) is 1.18. The molecule has 0 aromatic carbocycles. The molecule has 0 aliphatic heterocycles. The van der Waals surface area contributed by atoms with E-state index in [9.17, 15) is 5.11 Å². The number of hydrogen-bond donors (Lipinski definition) is 1. The Morgan fingerprint density at radius 2 is 2.07 bits per heavy atom. The van der Waals surface area contributed by atoms with Crippen LogP contribution in [-0.4, -0.2) is 24.9 Å². The molecule has 2 aromatic heterocycles. The monoisotopic (exact) mass is 190 g/mol. The van der Waals surface area contributed by atoms with Crippen molar-refractivity contribution in [2.24, 2.45) is 7.05 Å². The van der Waals surface area contributed by atoms with Crippen molar-refractivity contribution in [2.45, 2.75) is 6.10 Å². The van der Waals surface area contributed by atoms with E-state index in [-0.39, 0.29) is 0 Å². The second-order valence-electron chi connectivity index (χ2n) is 2.96. The molecule has 72 valence electrons. The molecule has 5 nitrogen and oxygen atoms in total. The Morgan fingerprint density at radius 1 is 1.36 bits per heavy atom. The van der Waals surface area contributed by atoms with Gasteiger partial charge in [-0.2, -0.15) is 5.10 Å². The van der Waals surface area contributed by atoms with Crippen LogP contribution in [0.2, 0.25) is 0 Å². The Bertz CT molecular complexity index is 412. The third-order valence-corrected chi connectivity index (χ3v) is 1.87. The summed E-state index contributed by atoms with van der Waals surface area (Å²) in [6.45, 7) is 0. The molecule has 0 spiro atoms. The molecule has 0 saturated heterocycles. The molecule has 2 aromatic rings. The lowest BCUT2D eigenvalue weighted by atomic mass is 10.2. The van der Waals surface area contributed by atoms with Crippen LogP contribution in [0.4, 0.5) is 0 Å². The summed E-state index contributed by atoms with van der Waals surface area (Å²) in [5, 5.41) is 13.8. The Balaban J connectivity index is 2.29. The van der Waals surface area contributed by atoms with Crippen LogP contribution in [0.25, 0.3) is 0 Å². The van der Waals surface area contributed by atoms with Gasteiger partial charge in [0.05, 0.1) is 6.20 Å². The van der Waals surface area contributed by atoms with Crippen LogP contribution >= 0.6 is 0 Å². The largest absolute Gasteiger partial charge is 0.380 e. The molecule has 1 N–H and O–H groups in total. The zero-order chi connectivity index (χ0) is 9.97. The van der Waals surface area contributed by atoms with Gasteiger partial charge in [0.15, 0.2) is 5.82 Å². The standard InChI is InChI=1S/C9H10N4O/c1-13-6-7(5-12-13)8(14)9-10-3-2-4-11-9/h2-6,8,14H,1H3. The first-order valence-electron chi connectivity index (χ1n) is 4.21. The molecule has 0 aliphatic rings. The average Bonchev–Trinajstić information content (AvgIpc) is 2.65. The maximum absolute atomic E-state index is 9.83. The summed E-state index contributed by atoms with van der Waals surface area (Å²) in [6.07, 6.45) is 5.73. The number of rotatable bonds is 2. The Labute approximate surface area is 81.1 Å². The van der Waals surface area contributed by atoms with Gasteiger partial charge in [0.1, 0.15) is 6.10 Å². The first-order chi connectivity index (χ1) is 6.77. The van der Waals surface area contributed by atoms with Crippen LogP contribution in [0.5, 0.6) is 0 Å². The highest BCUT2D eigenvalue weighted by atomic mass is 16.3. The van der Waals surface area contributed by atoms with Crippen molar-refractivity contribution in [1.29, 1.82) is 0 Å². The van der Waals surface area contributed by atoms with Crippen molar-refractivity contribution >= 4 is 0 Å². The number of aryl methyl sites for hydroxylation is 1. The molecule has 1 unspecified atom stereocenters. The lowest BCUT2D eigenvalue weighted by Crippen LogP contribution is -2.03. The highest BCUT2D eigenvalue weighted by molar-refractivity contribution is 5.15. The summed E-state index contributed by atoms with van der Waals surface area (Å²) in [7, 11) is 1.79. The van der Waals surface area contributed by atoms with E-state index < -0.39 is 6.10 Å². The van der Waals surface area contributed by atoms with Crippen LogP contribution in [-0.2, 0) is 7.05 Å². The van der Waals surface area contributed by atoms with Gasteiger partial charge in [0, 0.05) is 31.2 Å². The van der Waals surface area contributed by atoms with Gasteiger partial charge in [-0.1, -0.05) is 0 Å². The molecule has 0 amide bonds. The van der Waals surface area contributed by atoms with Gasteiger partial charge in [-0.15, -0.1) is 0 Å². The van der Waals surface area contributed by atoms with E-state index in [4.69, 9.17) is 0 Å². The van der Waals surface area contributed by atoms with Gasteiger partial charge < -0.3 is 5.11 Å². The van der Waals surface area contributed by atoms with E-state index >= 15 is 0 Å². The SMILES string of the molecule is Cn1cc(C(O)c2ncccn2)cn1. The zero-order valence-electron chi connectivity index (χ0n) is 7.70. The Hall–Kier alpha value is -1.75. The topological polar surface area (TPSA) is 63.8 Å². The van der Waals surface area contributed by atoms with Gasteiger partial charge in [0.2, 0.25) is 0 Å². The first kappa shape index (κ1) is 8.83. The lowest BCUT2D eigenvalue weighted by Gasteiger charge is -2.04. The molecule has 0 bridgehead atoms. The van der Waals surface area contributed by atoms with Crippen LogP contribution < -0.4 is 0 Å². The zero-order valence-corrected chi connectivity index (χ0v) is 7.70. The Kier molecular flexibility index (Phi) is 2.24. The highest BCUT2D eigenvalue weighted by Crippen LogP contribution is 2.16. The molecule has 2 rings (SSSR count). The molecule has 2 heterocycles.